The molecule has 1 saturated heterocycles. The third-order valence-electron chi connectivity index (χ3n) is 5.25. The molecule has 3 rings (SSSR count). The molecular formula is C19H26N3O4-. The zero-order valence-corrected chi connectivity index (χ0v) is 14.9. The summed E-state index contributed by atoms with van der Waals surface area (Å²) in [6.45, 7) is 3.59. The first-order chi connectivity index (χ1) is 12.5. The highest BCUT2D eigenvalue weighted by Gasteiger charge is 2.28. The maximum absolute atomic E-state index is 12.7. The predicted molar refractivity (Wildman–Crippen MR) is 97.4 cm³/mol. The van der Waals surface area contributed by atoms with Gasteiger partial charge in [0.25, 0.3) is 5.91 Å². The van der Waals surface area contributed by atoms with E-state index in [1.807, 2.05) is 17.0 Å². The summed E-state index contributed by atoms with van der Waals surface area (Å²) in [5.74, 6) is -0.260. The van der Waals surface area contributed by atoms with Gasteiger partial charge in [0.15, 0.2) is 0 Å². The maximum Gasteiger partial charge on any atom is 0.304 e. The molecule has 2 aliphatic heterocycles. The molecule has 0 spiro atoms. The normalized spacial score (nSPS) is 17.8. The number of benzene rings is 1. The van der Waals surface area contributed by atoms with E-state index in [0.29, 0.717) is 18.0 Å². The van der Waals surface area contributed by atoms with Crippen molar-refractivity contribution in [1.29, 1.82) is 0 Å². The number of hydrogen-bond acceptors (Lipinski definition) is 5. The Kier molecular flexibility index (Phi) is 6.24. The van der Waals surface area contributed by atoms with E-state index >= 15 is 0 Å². The number of amides is 1. The maximum atomic E-state index is 12.7. The Morgan fingerprint density at radius 2 is 2.12 bits per heavy atom. The molecule has 2 aliphatic rings. The van der Waals surface area contributed by atoms with Gasteiger partial charge < -0.3 is 25.6 Å². The number of nitrogens with one attached hydrogen (secondary N) is 1. The summed E-state index contributed by atoms with van der Waals surface area (Å²) in [5, 5.41) is 24.5. The molecule has 1 amide bonds. The molecule has 0 atom stereocenters. The van der Waals surface area contributed by atoms with Gasteiger partial charge in [0, 0.05) is 25.2 Å². The van der Waals surface area contributed by atoms with Crippen LogP contribution in [0.15, 0.2) is 18.2 Å². The molecule has 7 heteroatoms. The number of hydrogen-bond donors (Lipinski definition) is 2. The molecule has 0 aliphatic carbocycles. The number of rotatable bonds is 8. The van der Waals surface area contributed by atoms with E-state index < -0.39 is 5.97 Å². The molecule has 0 radical (unpaired) electrons. The Morgan fingerprint density at radius 1 is 1.35 bits per heavy atom. The molecule has 2 N–H and O–H groups in total. The Bertz CT molecular complexity index is 658. The van der Waals surface area contributed by atoms with Crippen LogP contribution in [0.25, 0.3) is 0 Å². The summed E-state index contributed by atoms with van der Waals surface area (Å²) in [5.41, 5.74) is 2.43. The van der Waals surface area contributed by atoms with Crippen LogP contribution in [0.1, 0.15) is 47.2 Å². The van der Waals surface area contributed by atoms with Gasteiger partial charge in [-0.3, -0.25) is 9.59 Å². The minimum Gasteiger partial charge on any atom is -0.785 e. The van der Waals surface area contributed by atoms with Crippen molar-refractivity contribution in [1.82, 2.24) is 15.3 Å². The van der Waals surface area contributed by atoms with Gasteiger partial charge in [-0.2, -0.15) is 0 Å². The van der Waals surface area contributed by atoms with Crippen molar-refractivity contribution in [2.45, 2.75) is 38.8 Å². The highest BCUT2D eigenvalue weighted by Crippen LogP contribution is 2.26. The van der Waals surface area contributed by atoms with Crippen LogP contribution in [0, 0.1) is 11.1 Å². The van der Waals surface area contributed by atoms with Gasteiger partial charge in [-0.15, -0.1) is 0 Å². The second kappa shape index (κ2) is 8.62. The fourth-order valence-corrected chi connectivity index (χ4v) is 3.70. The molecule has 1 aromatic rings. The van der Waals surface area contributed by atoms with Crippen molar-refractivity contribution in [3.8, 4) is 0 Å². The van der Waals surface area contributed by atoms with Gasteiger partial charge in [-0.1, -0.05) is 12.1 Å². The molecule has 0 unspecified atom stereocenters. The van der Waals surface area contributed by atoms with Crippen LogP contribution in [0.3, 0.4) is 0 Å². The molecule has 1 fully saturated rings. The van der Waals surface area contributed by atoms with E-state index in [-0.39, 0.29) is 25.4 Å². The monoisotopic (exact) mass is 360 g/mol. The number of fused-ring (bicyclic) bond motifs is 1. The Morgan fingerprint density at radius 3 is 2.85 bits per heavy atom. The van der Waals surface area contributed by atoms with Gasteiger partial charge in [-0.25, -0.2) is 0 Å². The van der Waals surface area contributed by atoms with Gasteiger partial charge >= 0.3 is 5.97 Å². The SMILES string of the molecule is O=C(O)CCN([O-])Cc1ccc2c(c1)C(=O)N(CCC1CCNCC1)C2. The molecule has 26 heavy (non-hydrogen) atoms. The van der Waals surface area contributed by atoms with E-state index in [9.17, 15) is 14.8 Å². The zero-order valence-electron chi connectivity index (χ0n) is 14.9. The lowest BCUT2D eigenvalue weighted by molar-refractivity contribution is -0.137. The van der Waals surface area contributed by atoms with E-state index in [2.05, 4.69) is 5.32 Å². The van der Waals surface area contributed by atoms with E-state index in [1.165, 1.54) is 12.8 Å². The van der Waals surface area contributed by atoms with Crippen molar-refractivity contribution in [3.63, 3.8) is 0 Å². The number of carboxylic acids is 1. The highest BCUT2D eigenvalue weighted by molar-refractivity contribution is 5.98. The summed E-state index contributed by atoms with van der Waals surface area (Å²) >= 11 is 0. The van der Waals surface area contributed by atoms with Crippen molar-refractivity contribution < 1.29 is 14.7 Å². The zero-order chi connectivity index (χ0) is 18.5. The summed E-state index contributed by atoms with van der Waals surface area (Å²) in [6.07, 6.45) is 3.21. The molecular weight excluding hydrogens is 334 g/mol. The van der Waals surface area contributed by atoms with Crippen LogP contribution in [-0.4, -0.2) is 53.1 Å². The number of aliphatic carboxylic acids is 1. The Labute approximate surface area is 153 Å². The van der Waals surface area contributed by atoms with Crippen LogP contribution in [0.2, 0.25) is 0 Å². The van der Waals surface area contributed by atoms with Crippen LogP contribution in [0.5, 0.6) is 0 Å². The lowest BCUT2D eigenvalue weighted by atomic mass is 9.94. The second-order valence-electron chi connectivity index (χ2n) is 7.21. The second-order valence-corrected chi connectivity index (χ2v) is 7.21. The van der Waals surface area contributed by atoms with Crippen LogP contribution < -0.4 is 5.32 Å². The lowest BCUT2D eigenvalue weighted by Gasteiger charge is -2.27. The third-order valence-corrected chi connectivity index (χ3v) is 5.25. The standard InChI is InChI=1S/C19H26N3O4/c23-18(24)6-10-22(26)12-15-1-2-16-13-21(19(25)17(16)11-15)9-5-14-3-7-20-8-4-14/h1-2,11,14,20H,3-10,12-13H2,(H,23,24)/q-1. The largest absolute Gasteiger partial charge is 0.785 e. The van der Waals surface area contributed by atoms with Crippen molar-refractivity contribution in [3.05, 3.63) is 40.1 Å². The molecule has 0 aromatic heterocycles. The van der Waals surface area contributed by atoms with E-state index in [0.717, 1.165) is 42.2 Å². The molecule has 0 bridgehead atoms. The first kappa shape index (κ1) is 18.8. The first-order valence-corrected chi connectivity index (χ1v) is 9.28. The van der Waals surface area contributed by atoms with Gasteiger partial charge in [0.1, 0.15) is 0 Å². The van der Waals surface area contributed by atoms with Crippen LogP contribution in [0.4, 0.5) is 0 Å². The van der Waals surface area contributed by atoms with E-state index in [1.54, 1.807) is 6.07 Å². The third kappa shape index (κ3) is 4.81. The quantitative estimate of drug-likeness (QED) is 0.687. The topological polar surface area (TPSA) is 95.9 Å². The number of nitrogens with zero attached hydrogens (tertiary/aromatic N) is 2. The van der Waals surface area contributed by atoms with Crippen molar-refractivity contribution >= 4 is 11.9 Å². The molecule has 7 nitrogen and oxygen atoms in total. The van der Waals surface area contributed by atoms with E-state index in [4.69, 9.17) is 5.11 Å². The minimum absolute atomic E-state index is 0.0405. The van der Waals surface area contributed by atoms with Gasteiger partial charge in [-0.05, 0) is 62.0 Å². The van der Waals surface area contributed by atoms with Crippen LogP contribution in [-0.2, 0) is 17.9 Å². The summed E-state index contributed by atoms with van der Waals surface area (Å²) in [4.78, 5) is 25.1. The number of hydroxylamine groups is 2. The Hall–Kier alpha value is -1.96. The molecule has 2 heterocycles. The molecule has 1 aromatic carbocycles. The molecule has 142 valence electrons. The van der Waals surface area contributed by atoms with Gasteiger partial charge in [0.05, 0.1) is 6.42 Å². The predicted octanol–water partition coefficient (Wildman–Crippen LogP) is 1.81. The van der Waals surface area contributed by atoms with Crippen molar-refractivity contribution in [2.24, 2.45) is 5.92 Å². The van der Waals surface area contributed by atoms with Gasteiger partial charge in [0.2, 0.25) is 0 Å². The average Bonchev–Trinajstić information content (AvgIpc) is 2.95. The fraction of sp³-hybridized carbons (Fsp3) is 0.579. The minimum atomic E-state index is -0.987. The Balaban J connectivity index is 1.55. The average molecular weight is 360 g/mol. The summed E-state index contributed by atoms with van der Waals surface area (Å²) in [7, 11) is 0. The number of carbonyl (C=O) groups is 2. The first-order valence-electron chi connectivity index (χ1n) is 9.28. The fourth-order valence-electron chi connectivity index (χ4n) is 3.70. The number of carbonyl (C=O) groups excluding carboxylic acids is 1. The van der Waals surface area contributed by atoms with Crippen LogP contribution >= 0.6 is 0 Å². The smallest absolute Gasteiger partial charge is 0.304 e. The number of piperidine rings is 1. The lowest BCUT2D eigenvalue weighted by Crippen LogP contribution is -2.31. The molecule has 0 saturated carbocycles. The summed E-state index contributed by atoms with van der Waals surface area (Å²) in [6, 6.07) is 5.56. The van der Waals surface area contributed by atoms with Crippen molar-refractivity contribution in [2.75, 3.05) is 26.2 Å². The summed E-state index contributed by atoms with van der Waals surface area (Å²) < 4.78 is 0. The number of carboxylic acid groups (broad SMARTS) is 1. The highest BCUT2D eigenvalue weighted by atomic mass is 16.5.